The number of nitrogen functional groups attached to an aromatic ring is 1. The molecule has 0 aliphatic carbocycles. The van der Waals surface area contributed by atoms with E-state index < -0.39 is 0 Å². The molecule has 0 heterocycles. The maximum Gasteiger partial charge on any atom is 0.173 e. The summed E-state index contributed by atoms with van der Waals surface area (Å²) in [5, 5.41) is 0. The number of anilines is 1. The molecule has 3 aromatic rings. The summed E-state index contributed by atoms with van der Waals surface area (Å²) in [5.41, 5.74) is 7.25. The Balaban J connectivity index is 1.61. The molecule has 0 unspecified atom stereocenters. The largest absolute Gasteiger partial charge is 0.457 e. The van der Waals surface area contributed by atoms with Crippen LogP contribution < -0.4 is 10.5 Å². The minimum atomic E-state index is 0.0644. The zero-order valence-electron chi connectivity index (χ0n) is 13.0. The molecule has 120 valence electrons. The van der Waals surface area contributed by atoms with E-state index in [1.165, 1.54) is 11.8 Å². The second kappa shape index (κ2) is 7.70. The maximum absolute atomic E-state index is 12.3. The lowest BCUT2D eigenvalue weighted by Crippen LogP contribution is -2.02. The first kappa shape index (κ1) is 16.1. The van der Waals surface area contributed by atoms with E-state index in [2.05, 4.69) is 0 Å². The zero-order valence-corrected chi connectivity index (χ0v) is 13.8. The van der Waals surface area contributed by atoms with Crippen LogP contribution in [0, 0.1) is 0 Å². The fourth-order valence-corrected chi connectivity index (χ4v) is 3.03. The van der Waals surface area contributed by atoms with Crippen LogP contribution in [0.2, 0.25) is 0 Å². The van der Waals surface area contributed by atoms with Gasteiger partial charge < -0.3 is 10.5 Å². The molecular formula is C20H17NO2S. The van der Waals surface area contributed by atoms with Crippen molar-refractivity contribution < 1.29 is 9.53 Å². The summed E-state index contributed by atoms with van der Waals surface area (Å²) in [5.74, 6) is 1.89. The van der Waals surface area contributed by atoms with Crippen molar-refractivity contribution in [2.45, 2.75) is 4.90 Å². The predicted octanol–water partition coefficient (Wildman–Crippen LogP) is 5.04. The van der Waals surface area contributed by atoms with Gasteiger partial charge in [0.2, 0.25) is 0 Å². The van der Waals surface area contributed by atoms with Gasteiger partial charge in [-0.25, -0.2) is 0 Å². The van der Waals surface area contributed by atoms with Gasteiger partial charge in [-0.3, -0.25) is 4.79 Å². The minimum absolute atomic E-state index is 0.0644. The van der Waals surface area contributed by atoms with Gasteiger partial charge in [-0.05, 0) is 48.5 Å². The monoisotopic (exact) mass is 335 g/mol. The van der Waals surface area contributed by atoms with E-state index >= 15 is 0 Å². The Kier molecular flexibility index (Phi) is 5.18. The summed E-state index contributed by atoms with van der Waals surface area (Å²) >= 11 is 1.45. The number of carbonyl (C=O) groups excluding carboxylic acids is 1. The molecule has 3 rings (SSSR count). The lowest BCUT2D eigenvalue weighted by atomic mass is 10.1. The Labute approximate surface area is 145 Å². The molecular weight excluding hydrogens is 318 g/mol. The fourth-order valence-electron chi connectivity index (χ4n) is 2.17. The maximum atomic E-state index is 12.3. The van der Waals surface area contributed by atoms with E-state index in [0.29, 0.717) is 22.8 Å². The average Bonchev–Trinajstić information content (AvgIpc) is 2.62. The van der Waals surface area contributed by atoms with Crippen molar-refractivity contribution in [1.82, 2.24) is 0 Å². The normalized spacial score (nSPS) is 10.3. The highest BCUT2D eigenvalue weighted by Crippen LogP contribution is 2.26. The third-order valence-corrected chi connectivity index (χ3v) is 4.52. The van der Waals surface area contributed by atoms with Gasteiger partial charge in [0, 0.05) is 16.1 Å². The Morgan fingerprint density at radius 1 is 0.833 bits per heavy atom. The summed E-state index contributed by atoms with van der Waals surface area (Å²) in [6.45, 7) is 0. The predicted molar refractivity (Wildman–Crippen MR) is 98.9 cm³/mol. The van der Waals surface area contributed by atoms with Crippen LogP contribution in [0.1, 0.15) is 10.4 Å². The van der Waals surface area contributed by atoms with Crippen LogP contribution in [-0.4, -0.2) is 11.5 Å². The molecule has 3 aromatic carbocycles. The molecule has 0 spiro atoms. The topological polar surface area (TPSA) is 52.3 Å². The second-order valence-electron chi connectivity index (χ2n) is 5.19. The van der Waals surface area contributed by atoms with Gasteiger partial charge in [0.15, 0.2) is 5.78 Å². The fraction of sp³-hybridized carbons (Fsp3) is 0.0500. The molecule has 0 radical (unpaired) electrons. The second-order valence-corrected chi connectivity index (χ2v) is 6.21. The van der Waals surface area contributed by atoms with E-state index in [9.17, 15) is 4.79 Å². The van der Waals surface area contributed by atoms with Crippen molar-refractivity contribution in [3.8, 4) is 11.5 Å². The molecule has 3 nitrogen and oxygen atoms in total. The quantitative estimate of drug-likeness (QED) is 0.390. The number of ketones is 1. The highest BCUT2D eigenvalue weighted by molar-refractivity contribution is 8.00. The zero-order chi connectivity index (χ0) is 16.8. The molecule has 24 heavy (non-hydrogen) atoms. The Morgan fingerprint density at radius 3 is 2.17 bits per heavy atom. The summed E-state index contributed by atoms with van der Waals surface area (Å²) in [6, 6.07) is 24.3. The number of ether oxygens (including phenoxy) is 1. The first-order valence-electron chi connectivity index (χ1n) is 7.56. The van der Waals surface area contributed by atoms with E-state index in [-0.39, 0.29) is 5.78 Å². The van der Waals surface area contributed by atoms with Crippen LogP contribution in [0.15, 0.2) is 83.8 Å². The van der Waals surface area contributed by atoms with E-state index in [4.69, 9.17) is 10.5 Å². The summed E-state index contributed by atoms with van der Waals surface area (Å²) in [6.07, 6.45) is 0. The van der Waals surface area contributed by atoms with Gasteiger partial charge >= 0.3 is 0 Å². The highest BCUT2D eigenvalue weighted by Gasteiger charge is 2.08. The number of thioether (sulfide) groups is 1. The average molecular weight is 335 g/mol. The van der Waals surface area contributed by atoms with Crippen molar-refractivity contribution in [1.29, 1.82) is 0 Å². The third kappa shape index (κ3) is 4.18. The van der Waals surface area contributed by atoms with Crippen LogP contribution >= 0.6 is 11.8 Å². The van der Waals surface area contributed by atoms with E-state index in [1.807, 2.05) is 66.7 Å². The Hall–Kier alpha value is -2.72. The molecule has 0 aliphatic rings. The van der Waals surface area contributed by atoms with Gasteiger partial charge in [-0.2, -0.15) is 0 Å². The number of para-hydroxylation sites is 2. The third-order valence-electron chi connectivity index (χ3n) is 3.43. The molecule has 0 bridgehead atoms. The first-order chi connectivity index (χ1) is 11.7. The molecule has 0 atom stereocenters. The van der Waals surface area contributed by atoms with Gasteiger partial charge in [-0.15, -0.1) is 11.8 Å². The van der Waals surface area contributed by atoms with Gasteiger partial charge in [0.05, 0.1) is 5.75 Å². The van der Waals surface area contributed by atoms with Gasteiger partial charge in [0.25, 0.3) is 0 Å². The number of rotatable bonds is 6. The molecule has 0 aromatic heterocycles. The highest BCUT2D eigenvalue weighted by atomic mass is 32.2. The van der Waals surface area contributed by atoms with Crippen LogP contribution in [0.25, 0.3) is 0 Å². The van der Waals surface area contributed by atoms with Crippen LogP contribution in [0.4, 0.5) is 5.69 Å². The Morgan fingerprint density at radius 2 is 1.46 bits per heavy atom. The number of benzene rings is 3. The van der Waals surface area contributed by atoms with Crippen molar-refractivity contribution in [3.63, 3.8) is 0 Å². The SMILES string of the molecule is Nc1ccccc1SCC(=O)c1ccc(Oc2ccccc2)cc1. The number of hydrogen-bond donors (Lipinski definition) is 1. The molecule has 0 fully saturated rings. The summed E-state index contributed by atoms with van der Waals surface area (Å²) in [4.78, 5) is 13.2. The molecule has 2 N–H and O–H groups in total. The molecule has 0 aliphatic heterocycles. The standard InChI is InChI=1S/C20H17NO2S/c21-18-8-4-5-9-20(18)24-14-19(22)15-10-12-17(13-11-15)23-16-6-2-1-3-7-16/h1-13H,14,21H2. The van der Waals surface area contributed by atoms with Crippen molar-refractivity contribution in [2.24, 2.45) is 0 Å². The molecule has 0 amide bonds. The van der Waals surface area contributed by atoms with Crippen molar-refractivity contribution in [3.05, 3.63) is 84.4 Å². The van der Waals surface area contributed by atoms with E-state index in [0.717, 1.165) is 10.6 Å². The number of hydrogen-bond acceptors (Lipinski definition) is 4. The summed E-state index contributed by atoms with van der Waals surface area (Å²) in [7, 11) is 0. The smallest absolute Gasteiger partial charge is 0.173 e. The van der Waals surface area contributed by atoms with Crippen molar-refractivity contribution in [2.75, 3.05) is 11.5 Å². The lowest BCUT2D eigenvalue weighted by Gasteiger charge is -2.07. The van der Waals surface area contributed by atoms with Crippen molar-refractivity contribution >= 4 is 23.2 Å². The number of nitrogens with two attached hydrogens (primary N) is 1. The molecule has 0 saturated heterocycles. The lowest BCUT2D eigenvalue weighted by molar-refractivity contribution is 0.102. The first-order valence-corrected chi connectivity index (χ1v) is 8.54. The van der Waals surface area contributed by atoms with Crippen LogP contribution in [-0.2, 0) is 0 Å². The molecule has 0 saturated carbocycles. The Bertz CT molecular complexity index is 817. The van der Waals surface area contributed by atoms with Gasteiger partial charge in [0.1, 0.15) is 11.5 Å². The minimum Gasteiger partial charge on any atom is -0.457 e. The van der Waals surface area contributed by atoms with Gasteiger partial charge in [-0.1, -0.05) is 30.3 Å². The summed E-state index contributed by atoms with van der Waals surface area (Å²) < 4.78 is 5.73. The van der Waals surface area contributed by atoms with Crippen LogP contribution in [0.5, 0.6) is 11.5 Å². The number of Topliss-reactive ketones (excluding diaryl/α,β-unsaturated/α-hetero) is 1. The molecule has 4 heteroatoms. The van der Waals surface area contributed by atoms with Crippen LogP contribution in [0.3, 0.4) is 0 Å². The van der Waals surface area contributed by atoms with E-state index in [1.54, 1.807) is 12.1 Å². The number of carbonyl (C=O) groups is 1.